The molecule has 1 aliphatic rings. The molecule has 214 valence electrons. The number of ether oxygens (including phenoxy) is 2. The highest BCUT2D eigenvalue weighted by atomic mass is 79.9. The number of hydrogen-bond donors (Lipinski definition) is 2. The van der Waals surface area contributed by atoms with Crippen LogP contribution in [0.1, 0.15) is 32.1 Å². The van der Waals surface area contributed by atoms with E-state index in [0.29, 0.717) is 5.39 Å². The van der Waals surface area contributed by atoms with Crippen molar-refractivity contribution < 1.29 is 33.0 Å². The van der Waals surface area contributed by atoms with Gasteiger partial charge in [-0.25, -0.2) is 9.36 Å². The van der Waals surface area contributed by atoms with Gasteiger partial charge in [0, 0.05) is 18.0 Å². The largest absolute Gasteiger partial charge is 0.468 e. The summed E-state index contributed by atoms with van der Waals surface area (Å²) in [5, 5.41) is 12.2. The number of esters is 1. The highest BCUT2D eigenvalue weighted by Gasteiger charge is 2.48. The molecule has 0 aliphatic carbocycles. The van der Waals surface area contributed by atoms with E-state index in [-0.39, 0.29) is 17.7 Å². The number of nitrogens with one attached hydrogen (secondary N) is 1. The molecule has 0 spiro atoms. The maximum absolute atomic E-state index is 14.4. The average Bonchev–Trinajstić information content (AvgIpc) is 3.29. The topological polar surface area (TPSA) is 146 Å². The van der Waals surface area contributed by atoms with Gasteiger partial charge in [-0.1, -0.05) is 66.2 Å². The Kier molecular flexibility index (Phi) is 9.48. The SMILES string of the molecule is COC(=O)[C@H](C(C)C)P(=O)(OCC1OC(n2cc(/C=C/Br)c(=O)[nH]c2=O)CC1O)Oc1cccc2ccccc12. The van der Waals surface area contributed by atoms with Gasteiger partial charge in [0.05, 0.1) is 25.4 Å². The Bertz CT molecular complexity index is 1560. The Labute approximate surface area is 238 Å². The molecule has 0 radical (unpaired) electrons. The van der Waals surface area contributed by atoms with E-state index in [4.69, 9.17) is 18.5 Å². The standard InChI is InChI=1S/C27H30BrN2O9P/c1-16(2)24(26(33)36-3)40(35,39-21-10-6-8-17-7-4-5-9-19(17)21)37-15-22-20(31)13-23(38-22)30-14-18(11-12-28)25(32)29-27(30)34/h4-12,14,16,20,22-24,31H,13,15H2,1-3H3,(H,29,32,34)/b12-11+/t20?,22?,23?,24-,40?/m0/s1. The molecule has 1 saturated heterocycles. The number of aromatic amines is 1. The first-order valence-corrected chi connectivity index (χ1v) is 15.1. The van der Waals surface area contributed by atoms with E-state index in [1.54, 1.807) is 32.0 Å². The van der Waals surface area contributed by atoms with Crippen LogP contribution in [-0.2, 0) is 23.4 Å². The Balaban J connectivity index is 1.62. The van der Waals surface area contributed by atoms with Crippen LogP contribution in [0.4, 0.5) is 0 Å². The van der Waals surface area contributed by atoms with Crippen molar-refractivity contribution >= 4 is 46.3 Å². The molecule has 1 aromatic heterocycles. The van der Waals surface area contributed by atoms with Gasteiger partial charge in [0.2, 0.25) is 0 Å². The normalized spacial score (nSPS) is 21.5. The van der Waals surface area contributed by atoms with Crippen LogP contribution in [0.15, 0.2) is 63.2 Å². The third-order valence-electron chi connectivity index (χ3n) is 6.56. The summed E-state index contributed by atoms with van der Waals surface area (Å²) < 4.78 is 38.3. The predicted molar refractivity (Wildman–Crippen MR) is 153 cm³/mol. The van der Waals surface area contributed by atoms with Crippen molar-refractivity contribution in [3.05, 3.63) is 80.0 Å². The zero-order valence-electron chi connectivity index (χ0n) is 22.1. The summed E-state index contributed by atoms with van der Waals surface area (Å²) in [6.45, 7) is 2.98. The lowest BCUT2D eigenvalue weighted by Gasteiger charge is -2.29. The van der Waals surface area contributed by atoms with Crippen molar-refractivity contribution in [3.8, 4) is 5.75 Å². The second-order valence-electron chi connectivity index (χ2n) is 9.59. The third-order valence-corrected chi connectivity index (χ3v) is 9.27. The first kappa shape index (κ1) is 30.0. The lowest BCUT2D eigenvalue weighted by atomic mass is 10.1. The minimum Gasteiger partial charge on any atom is -0.468 e. The number of aliphatic hydroxyl groups excluding tert-OH is 1. The fraction of sp³-hybridized carbons (Fsp3) is 0.370. The van der Waals surface area contributed by atoms with Gasteiger partial charge < -0.3 is 19.1 Å². The number of carbonyl (C=O) groups is 1. The number of hydrogen-bond acceptors (Lipinski definition) is 9. The van der Waals surface area contributed by atoms with Gasteiger partial charge in [-0.2, -0.15) is 0 Å². The van der Waals surface area contributed by atoms with Crippen LogP contribution in [0.5, 0.6) is 5.75 Å². The number of rotatable bonds is 10. The number of halogens is 1. The number of methoxy groups -OCH3 is 1. The van der Waals surface area contributed by atoms with Crippen molar-refractivity contribution in [1.82, 2.24) is 9.55 Å². The highest BCUT2D eigenvalue weighted by molar-refractivity contribution is 9.11. The minimum atomic E-state index is -4.28. The number of aromatic nitrogens is 2. The van der Waals surface area contributed by atoms with Gasteiger partial charge in [-0.3, -0.25) is 23.7 Å². The first-order chi connectivity index (χ1) is 19.1. The zero-order valence-corrected chi connectivity index (χ0v) is 24.5. The van der Waals surface area contributed by atoms with E-state index < -0.39 is 61.4 Å². The van der Waals surface area contributed by atoms with Gasteiger partial charge in [0.25, 0.3) is 5.56 Å². The van der Waals surface area contributed by atoms with Crippen molar-refractivity contribution in [2.45, 2.75) is 44.4 Å². The molecule has 4 unspecified atom stereocenters. The molecular formula is C27H30BrN2O9P. The fourth-order valence-electron chi connectivity index (χ4n) is 4.58. The molecule has 5 atom stereocenters. The van der Waals surface area contributed by atoms with E-state index in [0.717, 1.165) is 9.95 Å². The summed E-state index contributed by atoms with van der Waals surface area (Å²) in [5.41, 5.74) is -2.37. The summed E-state index contributed by atoms with van der Waals surface area (Å²) in [6, 6.07) is 12.6. The number of aliphatic hydroxyl groups is 1. The highest BCUT2D eigenvalue weighted by Crippen LogP contribution is 2.57. The molecule has 11 nitrogen and oxygen atoms in total. The molecule has 1 fully saturated rings. The van der Waals surface area contributed by atoms with E-state index in [2.05, 4.69) is 20.9 Å². The summed E-state index contributed by atoms with van der Waals surface area (Å²) >= 11 is 3.10. The van der Waals surface area contributed by atoms with Crippen molar-refractivity contribution in [3.63, 3.8) is 0 Å². The molecule has 2 heterocycles. The number of fused-ring (bicyclic) bond motifs is 1. The maximum atomic E-state index is 14.4. The molecule has 0 bridgehead atoms. The quantitative estimate of drug-likeness (QED) is 0.247. The zero-order chi connectivity index (χ0) is 29.0. The van der Waals surface area contributed by atoms with Crippen molar-refractivity contribution in [1.29, 1.82) is 0 Å². The smallest absolute Gasteiger partial charge is 0.393 e. The fourth-order valence-corrected chi connectivity index (χ4v) is 7.07. The monoisotopic (exact) mass is 636 g/mol. The molecule has 2 N–H and O–H groups in total. The Morgan fingerprint density at radius 1 is 1.25 bits per heavy atom. The summed E-state index contributed by atoms with van der Waals surface area (Å²) in [5.74, 6) is -0.999. The van der Waals surface area contributed by atoms with E-state index in [9.17, 15) is 24.1 Å². The Morgan fingerprint density at radius 3 is 2.67 bits per heavy atom. The number of carbonyl (C=O) groups excluding carboxylic acids is 1. The summed E-state index contributed by atoms with van der Waals surface area (Å²) in [6.07, 6.45) is -0.290. The van der Waals surface area contributed by atoms with Gasteiger partial charge in [0.15, 0.2) is 5.66 Å². The van der Waals surface area contributed by atoms with Gasteiger partial charge in [-0.15, -0.1) is 0 Å². The molecule has 2 aromatic carbocycles. The molecule has 0 saturated carbocycles. The minimum absolute atomic E-state index is 0.00344. The van der Waals surface area contributed by atoms with Crippen LogP contribution in [0.2, 0.25) is 0 Å². The van der Waals surface area contributed by atoms with Gasteiger partial charge in [-0.05, 0) is 28.4 Å². The molecule has 40 heavy (non-hydrogen) atoms. The molecule has 3 aromatic rings. The lowest BCUT2D eigenvalue weighted by molar-refractivity contribution is -0.141. The maximum Gasteiger partial charge on any atom is 0.393 e. The van der Waals surface area contributed by atoms with Crippen molar-refractivity contribution in [2.75, 3.05) is 13.7 Å². The van der Waals surface area contributed by atoms with E-state index in [1.165, 1.54) is 24.4 Å². The molecular weight excluding hydrogens is 607 g/mol. The third kappa shape index (κ3) is 6.31. The lowest BCUT2D eigenvalue weighted by Crippen LogP contribution is -2.34. The summed E-state index contributed by atoms with van der Waals surface area (Å²) in [7, 11) is -3.09. The van der Waals surface area contributed by atoms with Crippen LogP contribution >= 0.6 is 23.5 Å². The Morgan fingerprint density at radius 2 is 1.98 bits per heavy atom. The van der Waals surface area contributed by atoms with Gasteiger partial charge in [0.1, 0.15) is 18.1 Å². The number of H-pyrrole nitrogens is 1. The predicted octanol–water partition coefficient (Wildman–Crippen LogP) is 4.19. The molecule has 0 amide bonds. The van der Waals surface area contributed by atoms with Crippen LogP contribution in [-0.4, -0.2) is 52.2 Å². The van der Waals surface area contributed by atoms with Gasteiger partial charge >= 0.3 is 19.3 Å². The van der Waals surface area contributed by atoms with Crippen LogP contribution in [0, 0.1) is 5.92 Å². The number of benzene rings is 2. The molecule has 4 rings (SSSR count). The van der Waals surface area contributed by atoms with Crippen molar-refractivity contribution in [2.24, 2.45) is 5.92 Å². The van der Waals surface area contributed by atoms with Crippen LogP contribution in [0.3, 0.4) is 0 Å². The Hall–Kier alpha value is -3.02. The molecule has 1 aliphatic heterocycles. The first-order valence-electron chi connectivity index (χ1n) is 12.5. The second kappa shape index (κ2) is 12.7. The summed E-state index contributed by atoms with van der Waals surface area (Å²) in [4.78, 5) is 41.0. The van der Waals surface area contributed by atoms with E-state index in [1.807, 2.05) is 24.3 Å². The van der Waals surface area contributed by atoms with Crippen LogP contribution in [0.25, 0.3) is 16.8 Å². The molecule has 13 heteroatoms. The second-order valence-corrected chi connectivity index (χ2v) is 12.2. The van der Waals surface area contributed by atoms with Crippen LogP contribution < -0.4 is 15.8 Å². The van der Waals surface area contributed by atoms with E-state index >= 15 is 0 Å². The number of nitrogens with zero attached hydrogens (tertiary/aromatic N) is 1. The average molecular weight is 637 g/mol.